The summed E-state index contributed by atoms with van der Waals surface area (Å²) in [6, 6.07) is 13.1. The minimum absolute atomic E-state index is 0.0880. The number of ketones is 1. The third-order valence-electron chi connectivity index (χ3n) is 6.15. The van der Waals surface area contributed by atoms with Gasteiger partial charge in [0.05, 0.1) is 28.3 Å². The lowest BCUT2D eigenvalue weighted by atomic mass is 9.96. The number of unbranched alkanes of at least 4 members (excludes halogenated alkanes) is 3. The molecule has 0 spiro atoms. The number of nitrogens with zero attached hydrogens (tertiary/aromatic N) is 2. The summed E-state index contributed by atoms with van der Waals surface area (Å²) in [5.74, 6) is -0.858. The molecule has 6 nitrogen and oxygen atoms in total. The van der Waals surface area contributed by atoms with Gasteiger partial charge in [-0.05, 0) is 43.5 Å². The fourth-order valence-corrected chi connectivity index (χ4v) is 4.71. The number of carbonyl (C=O) groups excluding carboxylic acids is 1. The van der Waals surface area contributed by atoms with Crippen LogP contribution in [0.15, 0.2) is 47.3 Å². The molecule has 0 fully saturated rings. The molecule has 8 heteroatoms. The molecule has 3 aromatic rings. The third-order valence-corrected chi connectivity index (χ3v) is 6.71. The maximum Gasteiger partial charge on any atom is 0.272 e. The Labute approximate surface area is 220 Å². The molecule has 1 unspecified atom stereocenters. The molecule has 0 aliphatic carbocycles. The van der Waals surface area contributed by atoms with Crippen molar-refractivity contribution in [2.75, 3.05) is 6.61 Å². The first-order valence-electron chi connectivity index (χ1n) is 11.8. The van der Waals surface area contributed by atoms with Gasteiger partial charge < -0.3 is 9.84 Å². The summed E-state index contributed by atoms with van der Waals surface area (Å²) in [7, 11) is 0. The normalized spacial score (nSPS) is 11.7. The van der Waals surface area contributed by atoms with Crippen LogP contribution in [0, 0.1) is 18.3 Å². The fourth-order valence-electron chi connectivity index (χ4n) is 4.11. The summed E-state index contributed by atoms with van der Waals surface area (Å²) in [5, 5.41) is 21.2. The van der Waals surface area contributed by atoms with Crippen LogP contribution in [0.2, 0.25) is 10.0 Å². The lowest BCUT2D eigenvalue weighted by Gasteiger charge is -2.21. The van der Waals surface area contributed by atoms with Crippen molar-refractivity contribution >= 4 is 29.0 Å². The van der Waals surface area contributed by atoms with Crippen molar-refractivity contribution in [2.45, 2.75) is 52.5 Å². The highest BCUT2D eigenvalue weighted by atomic mass is 35.5. The van der Waals surface area contributed by atoms with Crippen molar-refractivity contribution in [3.8, 4) is 17.7 Å². The van der Waals surface area contributed by atoms with Crippen LogP contribution < -0.4 is 10.3 Å². The Hall–Kier alpha value is -3.27. The van der Waals surface area contributed by atoms with Gasteiger partial charge in [-0.1, -0.05) is 79.7 Å². The van der Waals surface area contributed by atoms with E-state index in [0.717, 1.165) is 35.8 Å². The highest BCUT2D eigenvalue weighted by Crippen LogP contribution is 2.36. The molecule has 0 radical (unpaired) electrons. The molecule has 0 aliphatic rings. The Balaban J connectivity index is 2.05. The minimum atomic E-state index is -0.678. The Morgan fingerprint density at radius 1 is 1.14 bits per heavy atom. The molecule has 0 amide bonds. The Bertz CT molecular complexity index is 1340. The molecule has 2 aromatic carbocycles. The summed E-state index contributed by atoms with van der Waals surface area (Å²) >= 11 is 12.8. The van der Waals surface area contributed by atoms with Gasteiger partial charge in [0.25, 0.3) is 5.56 Å². The minimum Gasteiger partial charge on any atom is -0.494 e. The lowest BCUT2D eigenvalue weighted by Crippen LogP contribution is -2.29. The molecule has 1 atom stereocenters. The fraction of sp³-hybridized carbons (Fsp3) is 0.321. The number of aromatic nitrogens is 1. The van der Waals surface area contributed by atoms with E-state index < -0.39 is 23.3 Å². The monoisotopic (exact) mass is 526 g/mol. The van der Waals surface area contributed by atoms with Crippen LogP contribution in [-0.2, 0) is 0 Å². The summed E-state index contributed by atoms with van der Waals surface area (Å²) < 4.78 is 6.80. The van der Waals surface area contributed by atoms with Gasteiger partial charge in [-0.2, -0.15) is 5.26 Å². The Morgan fingerprint density at radius 2 is 1.78 bits per heavy atom. The summed E-state index contributed by atoms with van der Waals surface area (Å²) in [5.41, 5.74) is -0.137. The molecular formula is C28H28Cl2N2O4. The number of ether oxygens (including phenoxy) is 1. The van der Waals surface area contributed by atoms with E-state index in [0.29, 0.717) is 6.61 Å². The largest absolute Gasteiger partial charge is 0.494 e. The van der Waals surface area contributed by atoms with Crippen LogP contribution in [0.4, 0.5) is 0 Å². The SMILES string of the molecule is CCCCCCOc1c(Cl)cc(C(=O)c2c(C)c(C#N)c(=O)n(C(C)c3ccccc3)c2O)cc1Cl. The van der Waals surface area contributed by atoms with E-state index in [-0.39, 0.29) is 38.0 Å². The number of carbonyl (C=O) groups is 1. The van der Waals surface area contributed by atoms with E-state index in [1.165, 1.54) is 19.1 Å². The van der Waals surface area contributed by atoms with Gasteiger partial charge in [0.1, 0.15) is 11.6 Å². The molecular weight excluding hydrogens is 499 g/mol. The van der Waals surface area contributed by atoms with Crippen LogP contribution in [-0.4, -0.2) is 22.1 Å². The predicted molar refractivity (Wildman–Crippen MR) is 142 cm³/mol. The first-order valence-corrected chi connectivity index (χ1v) is 12.6. The van der Waals surface area contributed by atoms with Gasteiger partial charge in [0, 0.05) is 5.56 Å². The zero-order valence-electron chi connectivity index (χ0n) is 20.5. The molecule has 0 saturated carbocycles. The zero-order chi connectivity index (χ0) is 26.4. The van der Waals surface area contributed by atoms with Crippen molar-refractivity contribution in [3.63, 3.8) is 0 Å². The van der Waals surface area contributed by atoms with E-state index in [1.54, 1.807) is 31.2 Å². The Morgan fingerprint density at radius 3 is 2.36 bits per heavy atom. The van der Waals surface area contributed by atoms with Crippen LogP contribution in [0.5, 0.6) is 11.6 Å². The van der Waals surface area contributed by atoms with Crippen molar-refractivity contribution < 1.29 is 14.6 Å². The number of benzene rings is 2. The second kappa shape index (κ2) is 12.1. The number of aromatic hydroxyl groups is 1. The molecule has 0 bridgehead atoms. The van der Waals surface area contributed by atoms with E-state index >= 15 is 0 Å². The number of hydrogen-bond donors (Lipinski definition) is 1. The Kier molecular flexibility index (Phi) is 9.19. The van der Waals surface area contributed by atoms with Gasteiger partial charge in [-0.3, -0.25) is 14.2 Å². The second-order valence-electron chi connectivity index (χ2n) is 8.58. The predicted octanol–water partition coefficient (Wildman–Crippen LogP) is 6.84. The molecule has 1 N–H and O–H groups in total. The molecule has 1 aromatic heterocycles. The standard InChI is InChI=1S/C28H28Cl2N2O4/c1-4-5-6-10-13-36-26-22(29)14-20(15-23(26)30)25(33)24-17(2)21(16-31)27(34)32(28(24)35)18(3)19-11-8-7-9-12-19/h7-9,11-12,14-15,18,35H,4-6,10,13H2,1-3H3. The van der Waals surface area contributed by atoms with Crippen molar-refractivity contribution in [3.05, 3.63) is 90.7 Å². The quantitative estimate of drug-likeness (QED) is 0.230. The maximum atomic E-state index is 13.6. The van der Waals surface area contributed by atoms with Gasteiger partial charge in [0.15, 0.2) is 11.5 Å². The topological polar surface area (TPSA) is 92.3 Å². The molecule has 36 heavy (non-hydrogen) atoms. The zero-order valence-corrected chi connectivity index (χ0v) is 22.0. The van der Waals surface area contributed by atoms with Crippen LogP contribution in [0.25, 0.3) is 0 Å². The van der Waals surface area contributed by atoms with E-state index in [1.807, 2.05) is 12.1 Å². The summed E-state index contributed by atoms with van der Waals surface area (Å²) in [4.78, 5) is 26.7. The number of hydrogen-bond acceptors (Lipinski definition) is 5. The smallest absolute Gasteiger partial charge is 0.272 e. The third kappa shape index (κ3) is 5.59. The van der Waals surface area contributed by atoms with Gasteiger partial charge in [0.2, 0.25) is 5.88 Å². The van der Waals surface area contributed by atoms with Crippen molar-refractivity contribution in [1.29, 1.82) is 5.26 Å². The van der Waals surface area contributed by atoms with Crippen molar-refractivity contribution in [1.82, 2.24) is 4.57 Å². The van der Waals surface area contributed by atoms with Crippen LogP contribution in [0.3, 0.4) is 0 Å². The van der Waals surface area contributed by atoms with Crippen molar-refractivity contribution in [2.24, 2.45) is 0 Å². The van der Waals surface area contributed by atoms with Gasteiger partial charge >= 0.3 is 0 Å². The molecule has 0 aliphatic heterocycles. The van der Waals surface area contributed by atoms with Crippen LogP contribution >= 0.6 is 23.2 Å². The number of pyridine rings is 1. The highest BCUT2D eigenvalue weighted by Gasteiger charge is 2.28. The average Bonchev–Trinajstić information content (AvgIpc) is 2.85. The molecule has 188 valence electrons. The van der Waals surface area contributed by atoms with Gasteiger partial charge in [-0.15, -0.1) is 0 Å². The second-order valence-corrected chi connectivity index (χ2v) is 9.39. The van der Waals surface area contributed by atoms with Crippen LogP contribution in [0.1, 0.15) is 78.2 Å². The summed E-state index contributed by atoms with van der Waals surface area (Å²) in [6.45, 7) is 5.74. The highest BCUT2D eigenvalue weighted by molar-refractivity contribution is 6.38. The first kappa shape index (κ1) is 27.3. The molecule has 0 saturated heterocycles. The van der Waals surface area contributed by atoms with E-state index in [2.05, 4.69) is 6.92 Å². The number of halogens is 2. The average molecular weight is 527 g/mol. The van der Waals surface area contributed by atoms with E-state index in [9.17, 15) is 20.0 Å². The van der Waals surface area contributed by atoms with Gasteiger partial charge in [-0.25, -0.2) is 0 Å². The molecule has 3 rings (SSSR count). The number of rotatable bonds is 10. The first-order chi connectivity index (χ1) is 17.2. The van der Waals surface area contributed by atoms with E-state index in [4.69, 9.17) is 27.9 Å². The molecule has 1 heterocycles. The maximum absolute atomic E-state index is 13.6. The number of nitriles is 1. The summed E-state index contributed by atoms with van der Waals surface area (Å²) in [6.07, 6.45) is 4.10. The lowest BCUT2D eigenvalue weighted by molar-refractivity contribution is 0.103.